The third-order valence-corrected chi connectivity index (χ3v) is 3.46. The molecule has 6 heteroatoms. The summed E-state index contributed by atoms with van der Waals surface area (Å²) in [7, 11) is 1.89. The fourth-order valence-corrected chi connectivity index (χ4v) is 2.53. The zero-order chi connectivity index (χ0) is 12.4. The first-order valence-corrected chi connectivity index (χ1v) is 6.38. The van der Waals surface area contributed by atoms with E-state index in [2.05, 4.69) is 25.0 Å². The summed E-state index contributed by atoms with van der Waals surface area (Å²) in [5.74, 6) is 1.45. The van der Waals surface area contributed by atoms with Gasteiger partial charge in [-0.2, -0.15) is 5.10 Å². The molecule has 18 heavy (non-hydrogen) atoms. The van der Waals surface area contributed by atoms with Crippen molar-refractivity contribution in [1.29, 1.82) is 0 Å². The smallest absolute Gasteiger partial charge is 0.170 e. The molecule has 0 unspecified atom stereocenters. The van der Waals surface area contributed by atoms with Gasteiger partial charge in [0, 0.05) is 24.9 Å². The van der Waals surface area contributed by atoms with Crippen molar-refractivity contribution in [2.75, 3.05) is 13.1 Å². The molecule has 0 saturated carbocycles. The highest BCUT2D eigenvalue weighted by molar-refractivity contribution is 5.09. The molecule has 0 bridgehead atoms. The minimum absolute atomic E-state index is 0.609. The molecule has 0 aromatic carbocycles. The van der Waals surface area contributed by atoms with Gasteiger partial charge in [0.25, 0.3) is 0 Å². The van der Waals surface area contributed by atoms with Crippen molar-refractivity contribution < 1.29 is 0 Å². The molecule has 0 atom stereocenters. The average molecular weight is 246 g/mol. The van der Waals surface area contributed by atoms with E-state index in [1.165, 1.54) is 18.5 Å². The van der Waals surface area contributed by atoms with E-state index in [4.69, 9.17) is 0 Å². The van der Waals surface area contributed by atoms with Crippen LogP contribution in [0.4, 0.5) is 0 Å². The predicted molar refractivity (Wildman–Crippen MR) is 67.2 cm³/mol. The molecule has 0 aliphatic carbocycles. The van der Waals surface area contributed by atoms with Crippen LogP contribution in [0.2, 0.25) is 0 Å². The van der Waals surface area contributed by atoms with Gasteiger partial charge in [0.05, 0.1) is 12.9 Å². The lowest BCUT2D eigenvalue weighted by Gasteiger charge is -2.23. The third-order valence-electron chi connectivity index (χ3n) is 3.46. The molecule has 96 valence electrons. The second-order valence-corrected chi connectivity index (χ2v) is 4.81. The van der Waals surface area contributed by atoms with E-state index < -0.39 is 0 Å². The molecule has 1 fully saturated rings. The van der Waals surface area contributed by atoms with Crippen LogP contribution in [0.1, 0.15) is 30.3 Å². The normalized spacial score (nSPS) is 17.2. The molecule has 2 aromatic heterocycles. The van der Waals surface area contributed by atoms with Crippen LogP contribution in [0.3, 0.4) is 0 Å². The van der Waals surface area contributed by atoms with Gasteiger partial charge >= 0.3 is 0 Å². The van der Waals surface area contributed by atoms with Crippen molar-refractivity contribution in [2.24, 2.45) is 7.05 Å². The van der Waals surface area contributed by atoms with E-state index in [-0.39, 0.29) is 0 Å². The SMILES string of the molecule is Cn1cnc(Cn2cncc2C2CCNCC2)n1. The van der Waals surface area contributed by atoms with Crippen LogP contribution in [0.5, 0.6) is 0 Å². The van der Waals surface area contributed by atoms with Gasteiger partial charge in [-0.1, -0.05) is 0 Å². The largest absolute Gasteiger partial charge is 0.327 e. The van der Waals surface area contributed by atoms with Gasteiger partial charge in [0.15, 0.2) is 5.82 Å². The predicted octanol–water partition coefficient (Wildman–Crippen LogP) is 0.527. The summed E-state index contributed by atoms with van der Waals surface area (Å²) >= 11 is 0. The van der Waals surface area contributed by atoms with E-state index in [1.807, 2.05) is 19.6 Å². The van der Waals surface area contributed by atoms with E-state index in [9.17, 15) is 0 Å². The minimum atomic E-state index is 0.609. The van der Waals surface area contributed by atoms with Crippen LogP contribution in [0, 0.1) is 0 Å². The molecule has 1 aliphatic heterocycles. The second-order valence-electron chi connectivity index (χ2n) is 4.81. The topological polar surface area (TPSA) is 60.6 Å². The first-order valence-electron chi connectivity index (χ1n) is 6.38. The number of rotatable bonds is 3. The number of hydrogen-bond donors (Lipinski definition) is 1. The lowest BCUT2D eigenvalue weighted by Crippen LogP contribution is -2.27. The summed E-state index contributed by atoms with van der Waals surface area (Å²) in [6.07, 6.45) is 7.96. The number of imidazole rings is 1. The summed E-state index contributed by atoms with van der Waals surface area (Å²) in [4.78, 5) is 8.55. The maximum Gasteiger partial charge on any atom is 0.170 e. The number of hydrogen-bond acceptors (Lipinski definition) is 4. The van der Waals surface area contributed by atoms with Crippen LogP contribution in [0.15, 0.2) is 18.9 Å². The van der Waals surface area contributed by atoms with Crippen molar-refractivity contribution in [3.8, 4) is 0 Å². The van der Waals surface area contributed by atoms with Crippen molar-refractivity contribution in [1.82, 2.24) is 29.6 Å². The van der Waals surface area contributed by atoms with E-state index in [0.29, 0.717) is 12.5 Å². The Labute approximate surface area is 106 Å². The van der Waals surface area contributed by atoms with Crippen LogP contribution >= 0.6 is 0 Å². The zero-order valence-corrected chi connectivity index (χ0v) is 10.6. The molecule has 6 nitrogen and oxygen atoms in total. The van der Waals surface area contributed by atoms with E-state index in [1.54, 1.807) is 11.0 Å². The number of aryl methyl sites for hydroxylation is 1. The summed E-state index contributed by atoms with van der Waals surface area (Å²) in [6, 6.07) is 0. The van der Waals surface area contributed by atoms with Crippen LogP contribution < -0.4 is 5.32 Å². The maximum atomic E-state index is 4.32. The molecule has 2 aromatic rings. The number of nitrogens with one attached hydrogen (secondary N) is 1. The number of piperidine rings is 1. The highest BCUT2D eigenvalue weighted by Crippen LogP contribution is 2.24. The molecular formula is C12H18N6. The van der Waals surface area contributed by atoms with Crippen molar-refractivity contribution in [3.63, 3.8) is 0 Å². The van der Waals surface area contributed by atoms with Crippen LogP contribution in [-0.4, -0.2) is 37.4 Å². The molecule has 1 saturated heterocycles. The number of nitrogens with zero attached hydrogens (tertiary/aromatic N) is 5. The monoisotopic (exact) mass is 246 g/mol. The Kier molecular flexibility index (Phi) is 3.10. The van der Waals surface area contributed by atoms with Crippen molar-refractivity contribution in [3.05, 3.63) is 30.4 Å². The summed E-state index contributed by atoms with van der Waals surface area (Å²) < 4.78 is 3.90. The molecule has 1 N–H and O–H groups in total. The zero-order valence-electron chi connectivity index (χ0n) is 10.6. The Hall–Kier alpha value is -1.69. The first-order chi connectivity index (χ1) is 8.83. The van der Waals surface area contributed by atoms with Gasteiger partial charge in [0.1, 0.15) is 6.33 Å². The molecule has 0 radical (unpaired) electrons. The third kappa shape index (κ3) is 2.28. The fourth-order valence-electron chi connectivity index (χ4n) is 2.53. The van der Waals surface area contributed by atoms with Crippen molar-refractivity contribution >= 4 is 0 Å². The van der Waals surface area contributed by atoms with Crippen molar-refractivity contribution in [2.45, 2.75) is 25.3 Å². The summed E-state index contributed by atoms with van der Waals surface area (Å²) in [5, 5.41) is 7.71. The Morgan fingerprint density at radius 1 is 1.33 bits per heavy atom. The summed E-state index contributed by atoms with van der Waals surface area (Å²) in [5.41, 5.74) is 1.31. The molecule has 1 aliphatic rings. The maximum absolute atomic E-state index is 4.32. The number of aromatic nitrogens is 5. The van der Waals surface area contributed by atoms with Gasteiger partial charge < -0.3 is 9.88 Å². The van der Waals surface area contributed by atoms with Gasteiger partial charge in [0.2, 0.25) is 0 Å². The highest BCUT2D eigenvalue weighted by Gasteiger charge is 2.19. The summed E-state index contributed by atoms with van der Waals surface area (Å²) in [6.45, 7) is 2.90. The van der Waals surface area contributed by atoms with Gasteiger partial charge in [-0.25, -0.2) is 9.97 Å². The van der Waals surface area contributed by atoms with Gasteiger partial charge in [-0.3, -0.25) is 4.68 Å². The Balaban J connectivity index is 1.78. The molecule has 0 amide bonds. The Bertz CT molecular complexity index is 508. The molecule has 3 heterocycles. The van der Waals surface area contributed by atoms with Crippen LogP contribution in [0.25, 0.3) is 0 Å². The molecule has 3 rings (SSSR count). The first kappa shape index (κ1) is 11.4. The van der Waals surface area contributed by atoms with E-state index in [0.717, 1.165) is 18.9 Å². The average Bonchev–Trinajstić information content (AvgIpc) is 3.00. The molecular weight excluding hydrogens is 228 g/mol. The highest BCUT2D eigenvalue weighted by atomic mass is 15.3. The van der Waals surface area contributed by atoms with Gasteiger partial charge in [-0.15, -0.1) is 0 Å². The lowest BCUT2D eigenvalue weighted by molar-refractivity contribution is 0.441. The fraction of sp³-hybridized carbons (Fsp3) is 0.583. The quantitative estimate of drug-likeness (QED) is 0.858. The van der Waals surface area contributed by atoms with Crippen LogP contribution in [-0.2, 0) is 13.6 Å². The standard InChI is InChI=1S/C12H18N6/c1-17-9-15-12(16-17)7-18-8-14-6-11(18)10-2-4-13-5-3-10/h6,8-10,13H,2-5,7H2,1H3. The van der Waals surface area contributed by atoms with E-state index >= 15 is 0 Å². The Morgan fingerprint density at radius 2 is 2.17 bits per heavy atom. The minimum Gasteiger partial charge on any atom is -0.327 e. The Morgan fingerprint density at radius 3 is 2.89 bits per heavy atom. The lowest BCUT2D eigenvalue weighted by atomic mass is 9.95. The molecule has 0 spiro atoms. The van der Waals surface area contributed by atoms with Gasteiger partial charge in [-0.05, 0) is 25.9 Å². The second kappa shape index (κ2) is 4.89.